The lowest BCUT2D eigenvalue weighted by molar-refractivity contribution is -0.240. The molecule has 4 heteroatoms. The van der Waals surface area contributed by atoms with Gasteiger partial charge < -0.3 is 19.7 Å². The second kappa shape index (κ2) is 10.7. The van der Waals surface area contributed by atoms with Crippen molar-refractivity contribution in [1.82, 2.24) is 0 Å². The normalized spacial score (nSPS) is 20.3. The van der Waals surface area contributed by atoms with E-state index >= 15 is 0 Å². The minimum absolute atomic E-state index is 0.527. The quantitative estimate of drug-likeness (QED) is 0.188. The van der Waals surface area contributed by atoms with E-state index in [1.807, 2.05) is 6.92 Å². The van der Waals surface area contributed by atoms with E-state index in [-0.39, 0.29) is 0 Å². The Labute approximate surface area is 314 Å². The second-order valence-electron chi connectivity index (χ2n) is 16.6. The topological polar surface area (TPSA) is 58.9 Å². The van der Waals surface area contributed by atoms with Crippen molar-refractivity contribution in [3.63, 3.8) is 0 Å². The zero-order valence-corrected chi connectivity index (χ0v) is 30.7. The highest BCUT2D eigenvalue weighted by molar-refractivity contribution is 6.12. The molecular weight excluding hydrogens is 665 g/mol. The maximum atomic E-state index is 14.0. The predicted octanol–water partition coefficient (Wildman–Crippen LogP) is 11.0. The molecule has 0 amide bonds. The summed E-state index contributed by atoms with van der Waals surface area (Å²) in [6.07, 6.45) is -2.04. The maximum absolute atomic E-state index is 14.0. The van der Waals surface area contributed by atoms with Crippen molar-refractivity contribution in [2.45, 2.75) is 56.9 Å². The van der Waals surface area contributed by atoms with Gasteiger partial charge in [0.15, 0.2) is 5.79 Å². The van der Waals surface area contributed by atoms with Crippen LogP contribution in [0.4, 0.5) is 0 Å². The molecule has 264 valence electrons. The Morgan fingerprint density at radius 1 is 0.407 bits per heavy atom. The zero-order valence-electron chi connectivity index (χ0n) is 30.7. The molecule has 2 atom stereocenters. The van der Waals surface area contributed by atoms with Gasteiger partial charge in [-0.05, 0) is 94.5 Å². The van der Waals surface area contributed by atoms with Crippen LogP contribution < -0.4 is 0 Å². The molecule has 54 heavy (non-hydrogen) atoms. The average Bonchev–Trinajstić information content (AvgIpc) is 3.80. The zero-order chi connectivity index (χ0) is 36.8. The van der Waals surface area contributed by atoms with Gasteiger partial charge in [0, 0.05) is 5.41 Å². The third kappa shape index (κ3) is 3.91. The lowest BCUT2D eigenvalue weighted by Crippen LogP contribution is -2.53. The summed E-state index contributed by atoms with van der Waals surface area (Å²) in [6, 6.07) is 50.1. The average molecular weight is 705 g/mol. The molecule has 2 aliphatic carbocycles. The van der Waals surface area contributed by atoms with Crippen molar-refractivity contribution >= 4 is 43.1 Å². The predicted molar refractivity (Wildman–Crippen MR) is 217 cm³/mol. The lowest BCUT2D eigenvalue weighted by atomic mass is 9.74. The summed E-state index contributed by atoms with van der Waals surface area (Å²) in [7, 11) is 0. The summed E-state index contributed by atoms with van der Waals surface area (Å²) in [5.41, 5.74) is 3.06. The van der Waals surface area contributed by atoms with Crippen LogP contribution in [-0.4, -0.2) is 28.2 Å². The summed E-state index contributed by atoms with van der Waals surface area (Å²) in [5.74, 6) is -1.18. The molecule has 1 saturated heterocycles. The molecule has 1 heterocycles. The maximum Gasteiger partial charge on any atom is 0.171 e. The van der Waals surface area contributed by atoms with Crippen molar-refractivity contribution in [1.29, 1.82) is 0 Å². The number of fused-ring (bicyclic) bond motifs is 14. The summed E-state index contributed by atoms with van der Waals surface area (Å²) in [4.78, 5) is 0. The van der Waals surface area contributed by atoms with Gasteiger partial charge in [0.2, 0.25) is 0 Å². The van der Waals surface area contributed by atoms with Gasteiger partial charge in [0.1, 0.15) is 23.4 Å². The number of rotatable bonds is 2. The van der Waals surface area contributed by atoms with E-state index in [1.165, 1.54) is 0 Å². The molecule has 8 aromatic carbocycles. The Bertz CT molecular complexity index is 2540. The van der Waals surface area contributed by atoms with Gasteiger partial charge in [-0.1, -0.05) is 166 Å². The molecule has 0 unspecified atom stereocenters. The van der Waals surface area contributed by atoms with Gasteiger partial charge in [-0.15, -0.1) is 0 Å². The first-order valence-corrected chi connectivity index (χ1v) is 18.9. The molecular formula is C50H40O4. The van der Waals surface area contributed by atoms with Crippen LogP contribution in [0.1, 0.15) is 49.9 Å². The monoisotopic (exact) mass is 704 g/mol. The Morgan fingerprint density at radius 2 is 0.667 bits per heavy atom. The van der Waals surface area contributed by atoms with Gasteiger partial charge in [0.05, 0.1) is 0 Å². The first-order chi connectivity index (χ1) is 26.0. The molecule has 0 radical (unpaired) electrons. The molecule has 1 fully saturated rings. The fraction of sp³-hybridized carbons (Fsp3) is 0.200. The molecule has 3 aliphatic rings. The standard InChI is InChI=1S/C50H40O4/c1-47(2,3)48(4)53-45(49(51)37-25-21-29-13-5-9-17-33(29)41(37)42-34-18-10-6-14-30(34)22-26-38(42)49)46(54-48)50(52)39-27-23-31-15-7-11-19-35(31)43(39)44-36-20-12-8-16-32(36)24-28-40(44)50/h5-28,45-46,51-52H,1-4H3/t45-,46-/m1/s1. The summed E-state index contributed by atoms with van der Waals surface area (Å²) >= 11 is 0. The van der Waals surface area contributed by atoms with Crippen molar-refractivity contribution in [2.24, 2.45) is 5.41 Å². The van der Waals surface area contributed by atoms with Crippen LogP contribution in [-0.2, 0) is 20.7 Å². The highest BCUT2D eigenvalue weighted by Crippen LogP contribution is 2.63. The Hall–Kier alpha value is -5.36. The number of hydrogen-bond acceptors (Lipinski definition) is 4. The Balaban J connectivity index is 1.25. The Kier molecular flexibility index (Phi) is 6.33. The SMILES string of the molecule is CC(C)(C)C1(C)O[C@@H](C2(O)c3ccc4ccccc4c3-c3c2ccc2ccccc32)[C@H](C2(O)c3ccc4ccccc4c3-c3c2ccc2ccccc32)O1. The molecule has 0 aromatic heterocycles. The van der Waals surface area contributed by atoms with Gasteiger partial charge in [-0.2, -0.15) is 0 Å². The van der Waals surface area contributed by atoms with E-state index in [0.29, 0.717) is 0 Å². The molecule has 2 N–H and O–H groups in total. The van der Waals surface area contributed by atoms with Crippen LogP contribution in [0.15, 0.2) is 146 Å². The number of hydrogen-bond donors (Lipinski definition) is 2. The van der Waals surface area contributed by atoms with Gasteiger partial charge in [0.25, 0.3) is 0 Å². The van der Waals surface area contributed by atoms with Crippen LogP contribution >= 0.6 is 0 Å². The molecule has 0 saturated carbocycles. The molecule has 4 nitrogen and oxygen atoms in total. The van der Waals surface area contributed by atoms with E-state index in [1.54, 1.807) is 0 Å². The van der Waals surface area contributed by atoms with Crippen LogP contribution in [0.2, 0.25) is 0 Å². The van der Waals surface area contributed by atoms with E-state index in [2.05, 4.69) is 166 Å². The van der Waals surface area contributed by atoms with Crippen LogP contribution in [0.3, 0.4) is 0 Å². The summed E-state index contributed by atoms with van der Waals surface area (Å²) in [5, 5.41) is 36.6. The van der Waals surface area contributed by atoms with Gasteiger partial charge in [-0.3, -0.25) is 0 Å². The van der Waals surface area contributed by atoms with E-state index < -0.39 is 34.6 Å². The van der Waals surface area contributed by atoms with Crippen LogP contribution in [0, 0.1) is 5.41 Å². The fourth-order valence-electron chi connectivity index (χ4n) is 9.94. The lowest BCUT2D eigenvalue weighted by Gasteiger charge is -2.40. The number of aliphatic hydroxyl groups is 2. The van der Waals surface area contributed by atoms with E-state index in [4.69, 9.17) is 9.47 Å². The van der Waals surface area contributed by atoms with Crippen molar-refractivity contribution in [3.8, 4) is 22.3 Å². The van der Waals surface area contributed by atoms with E-state index in [0.717, 1.165) is 87.6 Å². The second-order valence-corrected chi connectivity index (χ2v) is 16.6. The molecule has 0 bridgehead atoms. The number of benzene rings is 8. The van der Waals surface area contributed by atoms with Crippen molar-refractivity contribution in [3.05, 3.63) is 168 Å². The fourth-order valence-corrected chi connectivity index (χ4v) is 9.94. The molecule has 1 aliphatic heterocycles. The van der Waals surface area contributed by atoms with Crippen molar-refractivity contribution in [2.75, 3.05) is 0 Å². The largest absolute Gasteiger partial charge is 0.377 e. The Morgan fingerprint density at radius 3 is 0.926 bits per heavy atom. The van der Waals surface area contributed by atoms with Crippen LogP contribution in [0.5, 0.6) is 0 Å². The smallest absolute Gasteiger partial charge is 0.171 e. The van der Waals surface area contributed by atoms with Crippen LogP contribution in [0.25, 0.3) is 65.3 Å². The summed E-state index contributed by atoms with van der Waals surface area (Å²) in [6.45, 7) is 8.24. The molecule has 11 rings (SSSR count). The highest BCUT2D eigenvalue weighted by Gasteiger charge is 2.67. The first kappa shape index (κ1) is 32.1. The van der Waals surface area contributed by atoms with Crippen molar-refractivity contribution < 1.29 is 19.7 Å². The number of ether oxygens (including phenoxy) is 2. The van der Waals surface area contributed by atoms with Gasteiger partial charge >= 0.3 is 0 Å². The third-order valence-corrected chi connectivity index (χ3v) is 13.0. The third-order valence-electron chi connectivity index (χ3n) is 13.0. The minimum atomic E-state index is -1.70. The first-order valence-electron chi connectivity index (χ1n) is 18.9. The highest BCUT2D eigenvalue weighted by atomic mass is 16.8. The molecule has 8 aromatic rings. The summed E-state index contributed by atoms with van der Waals surface area (Å²) < 4.78 is 14.6. The minimum Gasteiger partial charge on any atom is -0.377 e. The van der Waals surface area contributed by atoms with E-state index in [9.17, 15) is 10.2 Å². The molecule has 0 spiro atoms. The van der Waals surface area contributed by atoms with Gasteiger partial charge in [-0.25, -0.2) is 0 Å².